The summed E-state index contributed by atoms with van der Waals surface area (Å²) in [6, 6.07) is 5.36. The molecule has 1 aromatic carbocycles. The van der Waals surface area contributed by atoms with Crippen LogP contribution in [0.15, 0.2) is 29.3 Å². The molecule has 1 saturated heterocycles. The Morgan fingerprint density at radius 2 is 1.97 bits per heavy atom. The minimum atomic E-state index is -4.39. The van der Waals surface area contributed by atoms with Crippen molar-refractivity contribution in [2.75, 3.05) is 53.4 Å². The summed E-state index contributed by atoms with van der Waals surface area (Å²) in [5.74, 6) is 0.891. The van der Waals surface area contributed by atoms with Crippen LogP contribution in [0.1, 0.15) is 25.8 Å². The third kappa shape index (κ3) is 9.40. The maximum Gasteiger partial charge on any atom is 0.416 e. The van der Waals surface area contributed by atoms with Crippen LogP contribution in [0, 0.1) is 0 Å². The van der Waals surface area contributed by atoms with Crippen molar-refractivity contribution < 1.29 is 17.9 Å². The number of aliphatic imine (C=N–C) groups is 1. The normalized spacial score (nSPS) is 19.5. The highest BCUT2D eigenvalue weighted by Crippen LogP contribution is 2.31. The topological polar surface area (TPSA) is 52.1 Å². The Morgan fingerprint density at radius 1 is 1.23 bits per heavy atom. The number of rotatable bonds is 8. The first-order chi connectivity index (χ1) is 14.2. The first-order valence-electron chi connectivity index (χ1n) is 10.5. The van der Waals surface area contributed by atoms with Gasteiger partial charge in [-0.05, 0) is 45.6 Å². The van der Waals surface area contributed by atoms with E-state index in [4.69, 9.17) is 4.74 Å². The van der Waals surface area contributed by atoms with Gasteiger partial charge in [-0.3, -0.25) is 4.90 Å². The fourth-order valence-corrected chi connectivity index (χ4v) is 3.26. The predicted molar refractivity (Wildman–Crippen MR) is 129 cm³/mol. The molecule has 2 N–H and O–H groups in total. The number of halogens is 4. The Morgan fingerprint density at radius 3 is 2.61 bits per heavy atom. The van der Waals surface area contributed by atoms with E-state index in [-0.39, 0.29) is 35.8 Å². The summed E-state index contributed by atoms with van der Waals surface area (Å²) in [4.78, 5) is 9.24. The summed E-state index contributed by atoms with van der Waals surface area (Å²) in [5, 5.41) is 6.60. The van der Waals surface area contributed by atoms with Gasteiger partial charge in [-0.1, -0.05) is 13.0 Å². The van der Waals surface area contributed by atoms with Crippen molar-refractivity contribution in [2.24, 2.45) is 4.99 Å². The molecule has 0 aromatic heterocycles. The van der Waals surface area contributed by atoms with Crippen LogP contribution in [0.3, 0.4) is 0 Å². The molecule has 1 fully saturated rings. The Bertz CT molecular complexity index is 689. The predicted octanol–water partition coefficient (Wildman–Crippen LogP) is 3.28. The van der Waals surface area contributed by atoms with Gasteiger partial charge in [-0.15, -0.1) is 24.0 Å². The van der Waals surface area contributed by atoms with Gasteiger partial charge in [0.2, 0.25) is 0 Å². The van der Waals surface area contributed by atoms with Crippen molar-refractivity contribution >= 4 is 29.9 Å². The van der Waals surface area contributed by atoms with Crippen LogP contribution in [-0.4, -0.2) is 81.3 Å². The van der Waals surface area contributed by atoms with E-state index < -0.39 is 11.7 Å². The van der Waals surface area contributed by atoms with E-state index in [1.54, 1.807) is 6.07 Å². The monoisotopic (exact) mass is 557 g/mol. The fraction of sp³-hybridized carbons (Fsp3) is 0.667. The van der Waals surface area contributed by atoms with Gasteiger partial charge in [0.05, 0.1) is 12.1 Å². The van der Waals surface area contributed by atoms with Crippen LogP contribution in [0.5, 0.6) is 5.75 Å². The lowest BCUT2D eigenvalue weighted by molar-refractivity contribution is -0.137. The first-order valence-corrected chi connectivity index (χ1v) is 10.5. The zero-order chi connectivity index (χ0) is 22.1. The second-order valence-corrected chi connectivity index (χ2v) is 7.67. The van der Waals surface area contributed by atoms with Crippen molar-refractivity contribution in [1.82, 2.24) is 20.4 Å². The summed E-state index contributed by atoms with van der Waals surface area (Å²) in [6.45, 7) is 8.83. The Kier molecular flexibility index (Phi) is 11.9. The van der Waals surface area contributed by atoms with Crippen molar-refractivity contribution in [3.63, 3.8) is 0 Å². The molecule has 0 saturated carbocycles. The number of alkyl halides is 3. The number of hydrogen-bond donors (Lipinski definition) is 2. The van der Waals surface area contributed by atoms with E-state index >= 15 is 0 Å². The standard InChI is InChI=1S/C21H34F3N5O.HI/c1-5-18(30-19-9-7-8-16(12-19)21(22,23)24)14-27-20(25-6-2)26-13-17-15-28(3)10-11-29(17)4;/h7-9,12,17-18H,5-6,10-11,13-15H2,1-4H3,(H2,25,26,27);1H. The lowest BCUT2D eigenvalue weighted by Gasteiger charge is -2.38. The fourth-order valence-electron chi connectivity index (χ4n) is 3.26. The van der Waals surface area contributed by atoms with Crippen LogP contribution < -0.4 is 15.4 Å². The number of ether oxygens (including phenoxy) is 1. The molecule has 0 amide bonds. The lowest BCUT2D eigenvalue weighted by atomic mass is 10.2. The van der Waals surface area contributed by atoms with Crippen LogP contribution in [0.4, 0.5) is 13.2 Å². The molecule has 1 aromatic rings. The molecule has 0 bridgehead atoms. The molecule has 2 unspecified atom stereocenters. The van der Waals surface area contributed by atoms with E-state index in [0.717, 1.165) is 44.9 Å². The van der Waals surface area contributed by atoms with Crippen LogP contribution >= 0.6 is 24.0 Å². The highest BCUT2D eigenvalue weighted by Gasteiger charge is 2.30. The van der Waals surface area contributed by atoms with E-state index in [9.17, 15) is 13.2 Å². The lowest BCUT2D eigenvalue weighted by Crippen LogP contribution is -2.55. The molecule has 178 valence electrons. The molecule has 1 heterocycles. The van der Waals surface area contributed by atoms with Crippen molar-refractivity contribution in [3.8, 4) is 5.75 Å². The molecule has 31 heavy (non-hydrogen) atoms. The summed E-state index contributed by atoms with van der Waals surface area (Å²) in [7, 11) is 4.25. The second kappa shape index (κ2) is 13.3. The van der Waals surface area contributed by atoms with Gasteiger partial charge in [0.1, 0.15) is 11.9 Å². The average Bonchev–Trinajstić information content (AvgIpc) is 2.70. The summed E-state index contributed by atoms with van der Waals surface area (Å²) >= 11 is 0. The molecule has 6 nitrogen and oxygen atoms in total. The van der Waals surface area contributed by atoms with E-state index in [1.807, 2.05) is 13.8 Å². The average molecular weight is 557 g/mol. The number of guanidine groups is 1. The first kappa shape index (κ1) is 27.8. The SMILES string of the molecule is CCNC(=NCC(CC)Oc1cccc(C(F)(F)F)c1)NCC1CN(C)CCN1C.I. The molecule has 0 spiro atoms. The van der Waals surface area contributed by atoms with Gasteiger partial charge in [0.15, 0.2) is 5.96 Å². The Labute approximate surface area is 200 Å². The summed E-state index contributed by atoms with van der Waals surface area (Å²) in [6.07, 6.45) is -4.07. The molecular formula is C21H35F3IN5O. The molecule has 2 rings (SSSR count). The second-order valence-electron chi connectivity index (χ2n) is 7.67. The highest BCUT2D eigenvalue weighted by atomic mass is 127. The maximum atomic E-state index is 12.9. The molecule has 1 aliphatic rings. The molecule has 0 aliphatic carbocycles. The van der Waals surface area contributed by atoms with Gasteiger partial charge >= 0.3 is 6.18 Å². The number of hydrogen-bond acceptors (Lipinski definition) is 4. The molecule has 1 aliphatic heterocycles. The minimum absolute atomic E-state index is 0. The third-order valence-corrected chi connectivity index (χ3v) is 5.20. The van der Waals surface area contributed by atoms with Gasteiger partial charge in [-0.2, -0.15) is 13.2 Å². The maximum absolute atomic E-state index is 12.9. The van der Waals surface area contributed by atoms with E-state index in [1.165, 1.54) is 6.07 Å². The van der Waals surface area contributed by atoms with Gasteiger partial charge < -0.3 is 20.3 Å². The largest absolute Gasteiger partial charge is 0.488 e. The number of benzene rings is 1. The Hall–Kier alpha value is -1.27. The molecule has 10 heteroatoms. The molecule has 0 radical (unpaired) electrons. The van der Waals surface area contributed by atoms with Crippen LogP contribution in [0.2, 0.25) is 0 Å². The minimum Gasteiger partial charge on any atom is -0.488 e. The van der Waals surface area contributed by atoms with Crippen molar-refractivity contribution in [1.29, 1.82) is 0 Å². The summed E-state index contributed by atoms with van der Waals surface area (Å²) < 4.78 is 44.5. The van der Waals surface area contributed by atoms with Crippen LogP contribution in [0.25, 0.3) is 0 Å². The van der Waals surface area contributed by atoms with Crippen molar-refractivity contribution in [3.05, 3.63) is 29.8 Å². The van der Waals surface area contributed by atoms with E-state index in [0.29, 0.717) is 25.0 Å². The summed E-state index contributed by atoms with van der Waals surface area (Å²) in [5.41, 5.74) is -0.713. The molecule has 2 atom stereocenters. The number of likely N-dealkylation sites (N-methyl/N-ethyl adjacent to an activating group) is 2. The number of nitrogens with one attached hydrogen (secondary N) is 2. The number of nitrogens with zero attached hydrogens (tertiary/aromatic N) is 3. The number of piperazine rings is 1. The highest BCUT2D eigenvalue weighted by molar-refractivity contribution is 14.0. The van der Waals surface area contributed by atoms with Gasteiger partial charge in [0.25, 0.3) is 0 Å². The molecular weight excluding hydrogens is 522 g/mol. The van der Waals surface area contributed by atoms with Crippen molar-refractivity contribution in [2.45, 2.75) is 38.6 Å². The quantitative estimate of drug-likeness (QED) is 0.292. The third-order valence-electron chi connectivity index (χ3n) is 5.20. The smallest absolute Gasteiger partial charge is 0.416 e. The van der Waals surface area contributed by atoms with Gasteiger partial charge in [-0.25, -0.2) is 4.99 Å². The zero-order valence-electron chi connectivity index (χ0n) is 18.7. The van der Waals surface area contributed by atoms with Crippen LogP contribution in [-0.2, 0) is 6.18 Å². The zero-order valence-corrected chi connectivity index (χ0v) is 21.0. The van der Waals surface area contributed by atoms with Gasteiger partial charge in [0, 0.05) is 38.8 Å². The van der Waals surface area contributed by atoms with E-state index in [2.05, 4.69) is 39.5 Å². The Balaban J connectivity index is 0.00000480.